The quantitative estimate of drug-likeness (QED) is 0.226. The van der Waals surface area contributed by atoms with Gasteiger partial charge in [0.2, 0.25) is 0 Å². The van der Waals surface area contributed by atoms with Gasteiger partial charge >= 0.3 is 11.9 Å². The van der Waals surface area contributed by atoms with Gasteiger partial charge in [-0.1, -0.05) is 48.5 Å². The zero-order chi connectivity index (χ0) is 26.1. The van der Waals surface area contributed by atoms with Crippen molar-refractivity contribution < 1.29 is 28.7 Å². The number of non-ortho nitro benzene ring substituents is 1. The third kappa shape index (κ3) is 6.45. The number of ether oxygens (including phenoxy) is 3. The van der Waals surface area contributed by atoms with Gasteiger partial charge in [0.25, 0.3) is 5.69 Å². The number of esters is 2. The standard InChI is InChI=1S/C27H28N2O7/c1-18-23(26(30)35-15-7-10-20-8-5-4-6-9-20)25(21-11-13-22(14-12-21)29(32)33)24(19(2)28-18)27(31)36-17-16-34-3/h4-14,25,28H,15-17H2,1-3H3/b10-7+. The number of methoxy groups -OCH3 is 1. The summed E-state index contributed by atoms with van der Waals surface area (Å²) >= 11 is 0. The SMILES string of the molecule is COCCOC(=O)C1=C(C)NC(C)=C(C(=O)OC/C=C/c2ccccc2)C1c1ccc([N+](=O)[O-])cc1. The second-order valence-electron chi connectivity index (χ2n) is 8.02. The first-order valence-corrected chi connectivity index (χ1v) is 11.3. The van der Waals surface area contributed by atoms with Gasteiger partial charge in [0, 0.05) is 30.6 Å². The predicted molar refractivity (Wildman–Crippen MR) is 134 cm³/mol. The van der Waals surface area contributed by atoms with Crippen LogP contribution in [0.3, 0.4) is 0 Å². The van der Waals surface area contributed by atoms with Crippen LogP contribution in [0.25, 0.3) is 6.08 Å². The molecule has 1 aliphatic rings. The van der Waals surface area contributed by atoms with Gasteiger partial charge < -0.3 is 19.5 Å². The first-order valence-electron chi connectivity index (χ1n) is 11.3. The largest absolute Gasteiger partial charge is 0.460 e. The molecule has 0 spiro atoms. The highest BCUT2D eigenvalue weighted by Gasteiger charge is 2.38. The van der Waals surface area contributed by atoms with Crippen molar-refractivity contribution in [1.82, 2.24) is 5.32 Å². The number of carbonyl (C=O) groups excluding carboxylic acids is 2. The van der Waals surface area contributed by atoms with E-state index in [2.05, 4.69) is 5.32 Å². The van der Waals surface area contributed by atoms with E-state index in [9.17, 15) is 19.7 Å². The summed E-state index contributed by atoms with van der Waals surface area (Å²) in [7, 11) is 1.49. The fourth-order valence-electron chi connectivity index (χ4n) is 3.90. The molecule has 0 aromatic heterocycles. The van der Waals surface area contributed by atoms with Crippen LogP contribution in [0, 0.1) is 10.1 Å². The fourth-order valence-corrected chi connectivity index (χ4v) is 3.90. The highest BCUT2D eigenvalue weighted by molar-refractivity contribution is 6.00. The number of allylic oxidation sites excluding steroid dienone is 2. The summed E-state index contributed by atoms with van der Waals surface area (Å²) < 4.78 is 15.8. The maximum absolute atomic E-state index is 13.3. The number of carbonyl (C=O) groups is 2. The summed E-state index contributed by atoms with van der Waals surface area (Å²) in [6, 6.07) is 15.3. The van der Waals surface area contributed by atoms with Crippen molar-refractivity contribution in [1.29, 1.82) is 0 Å². The van der Waals surface area contributed by atoms with Crippen LogP contribution in [0.4, 0.5) is 5.69 Å². The van der Waals surface area contributed by atoms with Gasteiger partial charge in [-0.3, -0.25) is 10.1 Å². The lowest BCUT2D eigenvalue weighted by Crippen LogP contribution is -2.32. The van der Waals surface area contributed by atoms with E-state index in [1.807, 2.05) is 36.4 Å². The Hall–Kier alpha value is -4.24. The molecule has 1 N–H and O–H groups in total. The van der Waals surface area contributed by atoms with E-state index in [1.165, 1.54) is 31.4 Å². The maximum atomic E-state index is 13.3. The highest BCUT2D eigenvalue weighted by Crippen LogP contribution is 2.39. The molecule has 2 aromatic carbocycles. The first kappa shape index (κ1) is 26.4. The topological polar surface area (TPSA) is 117 Å². The van der Waals surface area contributed by atoms with Crippen molar-refractivity contribution in [2.24, 2.45) is 0 Å². The number of benzene rings is 2. The second kappa shape index (κ2) is 12.5. The van der Waals surface area contributed by atoms with E-state index >= 15 is 0 Å². The van der Waals surface area contributed by atoms with Gasteiger partial charge in [-0.2, -0.15) is 0 Å². The number of rotatable bonds is 10. The van der Waals surface area contributed by atoms with Gasteiger partial charge in [-0.25, -0.2) is 9.59 Å². The fraction of sp³-hybridized carbons (Fsp3) is 0.259. The number of hydrogen-bond acceptors (Lipinski definition) is 8. The molecule has 2 aromatic rings. The molecule has 0 saturated heterocycles. The lowest BCUT2D eigenvalue weighted by atomic mass is 9.80. The Morgan fingerprint density at radius 1 is 0.944 bits per heavy atom. The summed E-state index contributed by atoms with van der Waals surface area (Å²) in [5.41, 5.74) is 2.85. The third-order valence-electron chi connectivity index (χ3n) is 5.58. The molecule has 9 heteroatoms. The summed E-state index contributed by atoms with van der Waals surface area (Å²) in [4.78, 5) is 37.0. The van der Waals surface area contributed by atoms with Gasteiger partial charge in [0.15, 0.2) is 0 Å². The van der Waals surface area contributed by atoms with Gasteiger partial charge in [0.1, 0.15) is 13.2 Å². The minimum atomic E-state index is -0.840. The Kier molecular flexibility index (Phi) is 9.13. The van der Waals surface area contributed by atoms with Crippen LogP contribution < -0.4 is 5.32 Å². The minimum absolute atomic E-state index is 0.0216. The van der Waals surface area contributed by atoms with Crippen LogP contribution >= 0.6 is 0 Å². The molecule has 36 heavy (non-hydrogen) atoms. The van der Waals surface area contributed by atoms with E-state index in [1.54, 1.807) is 19.9 Å². The average Bonchev–Trinajstić information content (AvgIpc) is 2.86. The van der Waals surface area contributed by atoms with Crippen molar-refractivity contribution in [3.05, 3.63) is 104 Å². The number of nitro benzene ring substituents is 1. The Bertz CT molecular complexity index is 1200. The van der Waals surface area contributed by atoms with E-state index in [-0.39, 0.29) is 36.7 Å². The second-order valence-corrected chi connectivity index (χ2v) is 8.02. The minimum Gasteiger partial charge on any atom is -0.460 e. The molecule has 0 radical (unpaired) electrons. The molecular formula is C27H28N2O7. The summed E-state index contributed by atoms with van der Waals surface area (Å²) in [5.74, 6) is -2.08. The third-order valence-corrected chi connectivity index (χ3v) is 5.58. The van der Waals surface area contributed by atoms with Gasteiger partial charge in [0.05, 0.1) is 28.6 Å². The van der Waals surface area contributed by atoms with E-state index < -0.39 is 22.8 Å². The Balaban J connectivity index is 1.91. The number of nitrogens with zero attached hydrogens (tertiary/aromatic N) is 1. The highest BCUT2D eigenvalue weighted by atomic mass is 16.6. The Morgan fingerprint density at radius 2 is 1.56 bits per heavy atom. The molecule has 9 nitrogen and oxygen atoms in total. The summed E-state index contributed by atoms with van der Waals surface area (Å²) in [6.45, 7) is 3.69. The van der Waals surface area contributed by atoms with Crippen molar-refractivity contribution in [2.75, 3.05) is 26.9 Å². The van der Waals surface area contributed by atoms with Crippen molar-refractivity contribution in [2.45, 2.75) is 19.8 Å². The maximum Gasteiger partial charge on any atom is 0.337 e. The number of dihydropyridines is 1. The van der Waals surface area contributed by atoms with Crippen LogP contribution in [-0.2, 0) is 23.8 Å². The molecule has 1 heterocycles. The molecule has 0 aliphatic carbocycles. The van der Waals surface area contributed by atoms with Crippen LogP contribution in [0.1, 0.15) is 30.9 Å². The number of hydrogen-bond donors (Lipinski definition) is 1. The van der Waals surface area contributed by atoms with Crippen LogP contribution in [-0.4, -0.2) is 43.8 Å². The molecule has 0 amide bonds. The molecule has 0 saturated carbocycles. The molecule has 3 rings (SSSR count). The summed E-state index contributed by atoms with van der Waals surface area (Å²) in [6.07, 6.45) is 3.56. The Morgan fingerprint density at radius 3 is 2.14 bits per heavy atom. The average molecular weight is 493 g/mol. The summed E-state index contributed by atoms with van der Waals surface area (Å²) in [5, 5.41) is 14.2. The lowest BCUT2D eigenvalue weighted by molar-refractivity contribution is -0.384. The van der Waals surface area contributed by atoms with Gasteiger partial charge in [-0.15, -0.1) is 0 Å². The van der Waals surface area contributed by atoms with Crippen LogP contribution in [0.5, 0.6) is 0 Å². The molecule has 1 unspecified atom stereocenters. The Labute approximate surface area is 209 Å². The normalized spacial score (nSPS) is 15.6. The van der Waals surface area contributed by atoms with Crippen LogP contribution in [0.2, 0.25) is 0 Å². The first-order chi connectivity index (χ1) is 17.3. The van der Waals surface area contributed by atoms with Crippen molar-refractivity contribution in [3.63, 3.8) is 0 Å². The predicted octanol–water partition coefficient (Wildman–Crippen LogP) is 4.28. The van der Waals surface area contributed by atoms with E-state index in [0.717, 1.165) is 5.56 Å². The zero-order valence-electron chi connectivity index (χ0n) is 20.4. The van der Waals surface area contributed by atoms with E-state index in [4.69, 9.17) is 14.2 Å². The molecule has 0 bridgehead atoms. The number of nitro groups is 1. The number of nitrogens with one attached hydrogen (secondary N) is 1. The monoisotopic (exact) mass is 492 g/mol. The molecule has 0 fully saturated rings. The van der Waals surface area contributed by atoms with E-state index in [0.29, 0.717) is 17.0 Å². The molecule has 1 atom stereocenters. The smallest absolute Gasteiger partial charge is 0.337 e. The zero-order valence-corrected chi connectivity index (χ0v) is 20.4. The van der Waals surface area contributed by atoms with Gasteiger partial charge in [-0.05, 0) is 31.1 Å². The molecule has 188 valence electrons. The molecular weight excluding hydrogens is 464 g/mol. The van der Waals surface area contributed by atoms with Crippen LogP contribution in [0.15, 0.2) is 83.2 Å². The van der Waals surface area contributed by atoms with Crippen molar-refractivity contribution >= 4 is 23.7 Å². The lowest BCUT2D eigenvalue weighted by Gasteiger charge is -2.30. The van der Waals surface area contributed by atoms with Crippen molar-refractivity contribution in [3.8, 4) is 0 Å². The molecule has 1 aliphatic heterocycles.